The van der Waals surface area contributed by atoms with Crippen LogP contribution in [0.1, 0.15) is 18.9 Å². The van der Waals surface area contributed by atoms with Gasteiger partial charge in [-0.1, -0.05) is 22.9 Å². The van der Waals surface area contributed by atoms with E-state index in [1.807, 2.05) is 12.1 Å². The van der Waals surface area contributed by atoms with Crippen LogP contribution in [-0.2, 0) is 6.54 Å². The van der Waals surface area contributed by atoms with Gasteiger partial charge in [-0.05, 0) is 43.8 Å². The van der Waals surface area contributed by atoms with Gasteiger partial charge in [0.1, 0.15) is 5.75 Å². The zero-order chi connectivity index (χ0) is 11.3. The Morgan fingerprint density at radius 1 is 1.40 bits per heavy atom. The summed E-state index contributed by atoms with van der Waals surface area (Å²) in [4.78, 5) is 2.31. The van der Waals surface area contributed by atoms with Gasteiger partial charge >= 0.3 is 0 Å². The predicted molar refractivity (Wildman–Crippen MR) is 67.3 cm³/mol. The Labute approximate surface area is 100 Å². The van der Waals surface area contributed by atoms with Crippen LogP contribution in [0.5, 0.6) is 5.75 Å². The van der Waals surface area contributed by atoms with Gasteiger partial charge in [-0.3, -0.25) is 0 Å². The zero-order valence-corrected chi connectivity index (χ0v) is 11.2. The molecule has 0 amide bonds. The molecule has 0 N–H and O–H groups in total. The number of hydrogen-bond donors (Lipinski definition) is 0. The molecule has 0 aliphatic heterocycles. The van der Waals surface area contributed by atoms with Crippen molar-refractivity contribution in [3.8, 4) is 5.75 Å². The summed E-state index contributed by atoms with van der Waals surface area (Å²) in [6.07, 6.45) is 1.18. The van der Waals surface area contributed by atoms with Crippen molar-refractivity contribution >= 4 is 15.9 Å². The summed E-state index contributed by atoms with van der Waals surface area (Å²) in [5.74, 6) is 0.915. The van der Waals surface area contributed by atoms with Gasteiger partial charge in [0.2, 0.25) is 0 Å². The fourth-order valence-electron chi connectivity index (χ4n) is 1.55. The first kappa shape index (κ1) is 12.5. The van der Waals surface area contributed by atoms with E-state index in [9.17, 15) is 0 Å². The van der Waals surface area contributed by atoms with E-state index in [2.05, 4.69) is 40.9 Å². The van der Waals surface area contributed by atoms with Crippen LogP contribution in [0, 0.1) is 0 Å². The van der Waals surface area contributed by atoms with Crippen LogP contribution < -0.4 is 4.74 Å². The summed E-state index contributed by atoms with van der Waals surface area (Å²) in [7, 11) is 3.83. The van der Waals surface area contributed by atoms with Crippen molar-refractivity contribution in [1.29, 1.82) is 0 Å². The zero-order valence-electron chi connectivity index (χ0n) is 9.59. The molecule has 0 saturated carbocycles. The number of nitrogens with zero attached hydrogens (tertiary/aromatic N) is 1. The quantitative estimate of drug-likeness (QED) is 0.815. The fourth-order valence-corrected chi connectivity index (χ4v) is 1.92. The summed E-state index contributed by atoms with van der Waals surface area (Å²) >= 11 is 3.56. The molecule has 0 radical (unpaired) electrons. The largest absolute Gasteiger partial charge is 0.497 e. The topological polar surface area (TPSA) is 12.5 Å². The van der Waals surface area contributed by atoms with E-state index in [-0.39, 0.29) is 0 Å². The smallest absolute Gasteiger partial charge is 0.119 e. The average molecular weight is 272 g/mol. The molecule has 0 bridgehead atoms. The normalized spacial score (nSPS) is 10.7. The van der Waals surface area contributed by atoms with Gasteiger partial charge < -0.3 is 9.64 Å². The van der Waals surface area contributed by atoms with E-state index in [1.165, 1.54) is 12.0 Å². The molecule has 0 aliphatic carbocycles. The van der Waals surface area contributed by atoms with Crippen LogP contribution in [-0.4, -0.2) is 25.6 Å². The number of benzene rings is 1. The molecule has 0 atom stereocenters. The highest BCUT2D eigenvalue weighted by Crippen LogP contribution is 2.23. The second-order valence-corrected chi connectivity index (χ2v) is 4.55. The molecule has 0 aromatic heterocycles. The van der Waals surface area contributed by atoms with Gasteiger partial charge in [-0.25, -0.2) is 0 Å². The lowest BCUT2D eigenvalue weighted by atomic mass is 10.2. The minimum Gasteiger partial charge on any atom is -0.497 e. The molecule has 3 heteroatoms. The van der Waals surface area contributed by atoms with E-state index in [0.29, 0.717) is 0 Å². The Morgan fingerprint density at radius 2 is 2.13 bits per heavy atom. The second-order valence-electron chi connectivity index (χ2n) is 3.70. The Morgan fingerprint density at radius 3 is 2.73 bits per heavy atom. The van der Waals surface area contributed by atoms with Gasteiger partial charge in [-0.2, -0.15) is 0 Å². The Balaban J connectivity index is 2.74. The van der Waals surface area contributed by atoms with Crippen LogP contribution in [0.3, 0.4) is 0 Å². The molecule has 1 aromatic carbocycles. The van der Waals surface area contributed by atoms with Crippen molar-refractivity contribution in [3.63, 3.8) is 0 Å². The minimum absolute atomic E-state index is 0.915. The average Bonchev–Trinajstić information content (AvgIpc) is 2.21. The molecule has 0 saturated heterocycles. The SMILES string of the molecule is CCCN(C)Cc1cc(OC)ccc1Br. The van der Waals surface area contributed by atoms with Crippen LogP contribution in [0.4, 0.5) is 0 Å². The highest BCUT2D eigenvalue weighted by atomic mass is 79.9. The molecule has 84 valence electrons. The lowest BCUT2D eigenvalue weighted by molar-refractivity contribution is 0.326. The predicted octanol–water partition coefficient (Wildman–Crippen LogP) is 3.30. The number of methoxy groups -OCH3 is 1. The number of halogens is 1. The molecule has 0 aliphatic rings. The van der Waals surface area contributed by atoms with Crippen molar-refractivity contribution in [3.05, 3.63) is 28.2 Å². The maximum atomic E-state index is 5.21. The van der Waals surface area contributed by atoms with E-state index < -0.39 is 0 Å². The van der Waals surface area contributed by atoms with E-state index in [0.717, 1.165) is 23.3 Å². The number of ether oxygens (including phenoxy) is 1. The standard InChI is InChI=1S/C12H18BrNO/c1-4-7-14(2)9-10-8-11(15-3)5-6-12(10)13/h5-6,8H,4,7,9H2,1-3H3. The molecular weight excluding hydrogens is 254 g/mol. The lowest BCUT2D eigenvalue weighted by Crippen LogP contribution is -2.18. The third kappa shape index (κ3) is 3.84. The molecule has 1 aromatic rings. The summed E-state index contributed by atoms with van der Waals surface area (Å²) < 4.78 is 6.36. The Kier molecular flexibility index (Phi) is 5.12. The minimum atomic E-state index is 0.915. The first-order chi connectivity index (χ1) is 7.17. The Bertz CT molecular complexity index is 314. The first-order valence-electron chi connectivity index (χ1n) is 5.18. The van der Waals surface area contributed by atoms with Crippen LogP contribution in [0.2, 0.25) is 0 Å². The highest BCUT2D eigenvalue weighted by molar-refractivity contribution is 9.10. The maximum absolute atomic E-state index is 5.21. The van der Waals surface area contributed by atoms with E-state index in [1.54, 1.807) is 7.11 Å². The van der Waals surface area contributed by atoms with Crippen molar-refractivity contribution in [1.82, 2.24) is 4.90 Å². The van der Waals surface area contributed by atoms with Crippen LogP contribution in [0.15, 0.2) is 22.7 Å². The highest BCUT2D eigenvalue weighted by Gasteiger charge is 2.04. The van der Waals surface area contributed by atoms with Gasteiger partial charge in [0.25, 0.3) is 0 Å². The molecule has 0 unspecified atom stereocenters. The summed E-state index contributed by atoms with van der Waals surface area (Å²) in [5.41, 5.74) is 1.27. The molecule has 0 spiro atoms. The van der Waals surface area contributed by atoms with Gasteiger partial charge in [0, 0.05) is 11.0 Å². The van der Waals surface area contributed by atoms with Crippen LogP contribution >= 0.6 is 15.9 Å². The van der Waals surface area contributed by atoms with Gasteiger partial charge in [0.05, 0.1) is 7.11 Å². The summed E-state index contributed by atoms with van der Waals surface area (Å²) in [5, 5.41) is 0. The van der Waals surface area contributed by atoms with Gasteiger partial charge in [0.15, 0.2) is 0 Å². The number of rotatable bonds is 5. The third-order valence-electron chi connectivity index (χ3n) is 2.30. The molecular formula is C12H18BrNO. The van der Waals surface area contributed by atoms with Crippen molar-refractivity contribution in [2.45, 2.75) is 19.9 Å². The summed E-state index contributed by atoms with van der Waals surface area (Å²) in [6.45, 7) is 4.26. The first-order valence-corrected chi connectivity index (χ1v) is 5.97. The monoisotopic (exact) mass is 271 g/mol. The molecule has 2 nitrogen and oxygen atoms in total. The molecule has 0 fully saturated rings. The van der Waals surface area contributed by atoms with Gasteiger partial charge in [-0.15, -0.1) is 0 Å². The fraction of sp³-hybridized carbons (Fsp3) is 0.500. The van der Waals surface area contributed by atoms with E-state index in [4.69, 9.17) is 4.74 Å². The maximum Gasteiger partial charge on any atom is 0.119 e. The van der Waals surface area contributed by atoms with Crippen molar-refractivity contribution in [2.75, 3.05) is 20.7 Å². The second kappa shape index (κ2) is 6.13. The Hall–Kier alpha value is -0.540. The summed E-state index contributed by atoms with van der Waals surface area (Å²) in [6, 6.07) is 6.08. The van der Waals surface area contributed by atoms with E-state index >= 15 is 0 Å². The van der Waals surface area contributed by atoms with Crippen LogP contribution in [0.25, 0.3) is 0 Å². The van der Waals surface area contributed by atoms with Crippen molar-refractivity contribution in [2.24, 2.45) is 0 Å². The van der Waals surface area contributed by atoms with Crippen molar-refractivity contribution < 1.29 is 4.74 Å². The number of hydrogen-bond acceptors (Lipinski definition) is 2. The molecule has 1 rings (SSSR count). The lowest BCUT2D eigenvalue weighted by Gasteiger charge is -2.17. The molecule has 0 heterocycles. The third-order valence-corrected chi connectivity index (χ3v) is 3.07. The molecule has 15 heavy (non-hydrogen) atoms.